The molecule has 1 saturated heterocycles. The van der Waals surface area contributed by atoms with Crippen LogP contribution in [0.2, 0.25) is 0 Å². The minimum Gasteiger partial charge on any atom is -0.308 e. The Morgan fingerprint density at radius 2 is 2.09 bits per heavy atom. The van der Waals surface area contributed by atoms with Crippen molar-refractivity contribution in [2.24, 2.45) is 5.92 Å². The van der Waals surface area contributed by atoms with E-state index in [2.05, 4.69) is 39.1 Å². The van der Waals surface area contributed by atoms with Crippen LogP contribution in [0.1, 0.15) is 34.1 Å². The molecule has 0 aromatic rings. The minimum atomic E-state index is 0.322. The standard InChI is InChI=1S/C10H19N/c1-5-9(8(2)3)10(4)6-7-11-10/h5,8,11H,6-7H2,1-4H3/b9-5+. The quantitative estimate of drug-likeness (QED) is 0.600. The molecule has 1 aliphatic heterocycles. The summed E-state index contributed by atoms with van der Waals surface area (Å²) in [6.45, 7) is 10.1. The first-order valence-corrected chi connectivity index (χ1v) is 4.52. The average molecular weight is 153 g/mol. The molecule has 11 heavy (non-hydrogen) atoms. The van der Waals surface area contributed by atoms with E-state index in [-0.39, 0.29) is 0 Å². The van der Waals surface area contributed by atoms with Gasteiger partial charge >= 0.3 is 0 Å². The smallest absolute Gasteiger partial charge is 0.0379 e. The Balaban J connectivity index is 2.70. The van der Waals surface area contributed by atoms with Crippen molar-refractivity contribution in [3.8, 4) is 0 Å². The Labute approximate surface area is 69.9 Å². The van der Waals surface area contributed by atoms with Crippen molar-refractivity contribution in [2.45, 2.75) is 39.7 Å². The first-order valence-electron chi connectivity index (χ1n) is 4.52. The Hall–Kier alpha value is -0.300. The molecule has 1 fully saturated rings. The molecule has 0 radical (unpaired) electrons. The van der Waals surface area contributed by atoms with Crippen LogP contribution < -0.4 is 5.32 Å². The summed E-state index contributed by atoms with van der Waals surface area (Å²) in [5.41, 5.74) is 1.88. The molecular formula is C10H19N. The number of hydrogen-bond acceptors (Lipinski definition) is 1. The van der Waals surface area contributed by atoms with Gasteiger partial charge in [0, 0.05) is 5.54 Å². The van der Waals surface area contributed by atoms with Gasteiger partial charge in [0.2, 0.25) is 0 Å². The van der Waals surface area contributed by atoms with Crippen LogP contribution in [0.25, 0.3) is 0 Å². The zero-order valence-electron chi connectivity index (χ0n) is 8.07. The molecule has 1 unspecified atom stereocenters. The highest BCUT2D eigenvalue weighted by Crippen LogP contribution is 2.31. The lowest BCUT2D eigenvalue weighted by Crippen LogP contribution is -2.56. The first kappa shape index (κ1) is 8.79. The molecule has 1 heteroatoms. The lowest BCUT2D eigenvalue weighted by atomic mass is 9.77. The highest BCUT2D eigenvalue weighted by molar-refractivity contribution is 5.23. The second-order valence-electron chi connectivity index (χ2n) is 3.91. The number of rotatable bonds is 2. The zero-order valence-corrected chi connectivity index (χ0v) is 8.07. The Morgan fingerprint density at radius 1 is 1.55 bits per heavy atom. The van der Waals surface area contributed by atoms with Crippen molar-refractivity contribution >= 4 is 0 Å². The van der Waals surface area contributed by atoms with Gasteiger partial charge in [-0.1, -0.05) is 25.5 Å². The topological polar surface area (TPSA) is 12.0 Å². The molecular weight excluding hydrogens is 134 g/mol. The molecule has 1 aliphatic rings. The minimum absolute atomic E-state index is 0.322. The molecule has 1 rings (SSSR count). The third-order valence-electron chi connectivity index (χ3n) is 2.71. The van der Waals surface area contributed by atoms with Crippen molar-refractivity contribution in [1.82, 2.24) is 5.32 Å². The second kappa shape index (κ2) is 2.98. The molecule has 0 aromatic carbocycles. The largest absolute Gasteiger partial charge is 0.308 e. The number of allylic oxidation sites excluding steroid dienone is 1. The molecule has 64 valence electrons. The maximum atomic E-state index is 3.49. The Morgan fingerprint density at radius 3 is 2.18 bits per heavy atom. The number of hydrogen-bond donors (Lipinski definition) is 1. The van der Waals surface area contributed by atoms with Gasteiger partial charge in [0.05, 0.1) is 0 Å². The summed E-state index contributed by atoms with van der Waals surface area (Å²) in [5.74, 6) is 0.679. The van der Waals surface area contributed by atoms with Crippen molar-refractivity contribution in [3.63, 3.8) is 0 Å². The molecule has 1 heterocycles. The van der Waals surface area contributed by atoms with Crippen molar-refractivity contribution in [2.75, 3.05) is 6.54 Å². The van der Waals surface area contributed by atoms with Gasteiger partial charge < -0.3 is 5.32 Å². The zero-order chi connectivity index (χ0) is 8.48. The molecule has 0 spiro atoms. The highest BCUT2D eigenvalue weighted by Gasteiger charge is 2.35. The first-order chi connectivity index (χ1) is 5.10. The maximum absolute atomic E-state index is 3.49. The third-order valence-corrected chi connectivity index (χ3v) is 2.71. The van der Waals surface area contributed by atoms with Crippen LogP contribution in [0.5, 0.6) is 0 Å². The maximum Gasteiger partial charge on any atom is 0.0379 e. The van der Waals surface area contributed by atoms with E-state index >= 15 is 0 Å². The van der Waals surface area contributed by atoms with Crippen molar-refractivity contribution in [3.05, 3.63) is 11.6 Å². The van der Waals surface area contributed by atoms with Gasteiger partial charge in [-0.05, 0) is 32.7 Å². The fourth-order valence-corrected chi connectivity index (χ4v) is 2.04. The summed E-state index contributed by atoms with van der Waals surface area (Å²) in [6.07, 6.45) is 3.56. The Kier molecular flexibility index (Phi) is 2.38. The van der Waals surface area contributed by atoms with E-state index in [1.165, 1.54) is 13.0 Å². The van der Waals surface area contributed by atoms with Gasteiger partial charge in [0.25, 0.3) is 0 Å². The van der Waals surface area contributed by atoms with Gasteiger partial charge in [-0.15, -0.1) is 0 Å². The third kappa shape index (κ3) is 1.48. The van der Waals surface area contributed by atoms with Gasteiger partial charge in [-0.3, -0.25) is 0 Å². The van der Waals surface area contributed by atoms with Crippen LogP contribution in [-0.4, -0.2) is 12.1 Å². The molecule has 0 aromatic heterocycles. The van der Waals surface area contributed by atoms with Crippen LogP contribution in [0.3, 0.4) is 0 Å². The molecule has 1 atom stereocenters. The van der Waals surface area contributed by atoms with Gasteiger partial charge in [0.15, 0.2) is 0 Å². The molecule has 0 saturated carbocycles. The molecule has 0 aliphatic carbocycles. The summed E-state index contributed by atoms with van der Waals surface area (Å²) < 4.78 is 0. The fraction of sp³-hybridized carbons (Fsp3) is 0.800. The van der Waals surface area contributed by atoms with Crippen LogP contribution in [0.4, 0.5) is 0 Å². The van der Waals surface area contributed by atoms with Crippen molar-refractivity contribution < 1.29 is 0 Å². The second-order valence-corrected chi connectivity index (χ2v) is 3.91. The van der Waals surface area contributed by atoms with Gasteiger partial charge in [0.1, 0.15) is 0 Å². The molecule has 0 amide bonds. The summed E-state index contributed by atoms with van der Waals surface area (Å²) in [5, 5.41) is 3.49. The normalized spacial score (nSPS) is 32.3. The molecule has 1 nitrogen and oxygen atoms in total. The lowest BCUT2D eigenvalue weighted by Gasteiger charge is -2.44. The van der Waals surface area contributed by atoms with Gasteiger partial charge in [-0.2, -0.15) is 0 Å². The highest BCUT2D eigenvalue weighted by atomic mass is 15.0. The van der Waals surface area contributed by atoms with E-state index in [9.17, 15) is 0 Å². The lowest BCUT2D eigenvalue weighted by molar-refractivity contribution is 0.263. The van der Waals surface area contributed by atoms with Gasteiger partial charge in [-0.25, -0.2) is 0 Å². The Bertz CT molecular complexity index is 164. The van der Waals surface area contributed by atoms with Crippen LogP contribution >= 0.6 is 0 Å². The van der Waals surface area contributed by atoms with E-state index in [0.717, 1.165) is 0 Å². The van der Waals surface area contributed by atoms with Crippen LogP contribution in [-0.2, 0) is 0 Å². The van der Waals surface area contributed by atoms with Crippen LogP contribution in [0, 0.1) is 5.92 Å². The van der Waals surface area contributed by atoms with E-state index in [0.29, 0.717) is 11.5 Å². The monoisotopic (exact) mass is 153 g/mol. The summed E-state index contributed by atoms with van der Waals surface area (Å²) >= 11 is 0. The molecule has 0 bridgehead atoms. The average Bonchev–Trinajstić information content (AvgIpc) is 1.85. The predicted octanol–water partition coefficient (Wildman–Crippen LogP) is 2.34. The summed E-state index contributed by atoms with van der Waals surface area (Å²) in [6, 6.07) is 0. The molecule has 1 N–H and O–H groups in total. The SMILES string of the molecule is C/C=C(\C(C)C)C1(C)CCN1. The van der Waals surface area contributed by atoms with Crippen molar-refractivity contribution in [1.29, 1.82) is 0 Å². The van der Waals surface area contributed by atoms with E-state index in [1.807, 2.05) is 0 Å². The van der Waals surface area contributed by atoms with E-state index in [1.54, 1.807) is 5.57 Å². The van der Waals surface area contributed by atoms with E-state index in [4.69, 9.17) is 0 Å². The predicted molar refractivity (Wildman–Crippen MR) is 49.6 cm³/mol. The van der Waals surface area contributed by atoms with E-state index < -0.39 is 0 Å². The van der Waals surface area contributed by atoms with Crippen LogP contribution in [0.15, 0.2) is 11.6 Å². The number of nitrogens with one attached hydrogen (secondary N) is 1. The summed E-state index contributed by atoms with van der Waals surface area (Å²) in [7, 11) is 0. The fourth-order valence-electron chi connectivity index (χ4n) is 2.04. The summed E-state index contributed by atoms with van der Waals surface area (Å²) in [4.78, 5) is 0.